The maximum atomic E-state index is 12.0. The first-order valence-electron chi connectivity index (χ1n) is 5.66. The van der Waals surface area contributed by atoms with Crippen LogP contribution in [0.15, 0.2) is 47.6 Å². The Bertz CT molecular complexity index is 643. The van der Waals surface area contributed by atoms with Crippen molar-refractivity contribution in [1.82, 2.24) is 4.98 Å². The van der Waals surface area contributed by atoms with Crippen LogP contribution in [0.5, 0.6) is 0 Å². The lowest BCUT2D eigenvalue weighted by Crippen LogP contribution is -2.23. The number of aromatic carboxylic acids is 1. The number of hydrogen-bond donors (Lipinski definition) is 0. The molecule has 1 aromatic carbocycles. The molecule has 0 N–H and O–H groups in total. The van der Waals surface area contributed by atoms with Gasteiger partial charge < -0.3 is 9.90 Å². The summed E-state index contributed by atoms with van der Waals surface area (Å²) in [7, 11) is 0. The second-order valence-electron chi connectivity index (χ2n) is 3.86. The smallest absolute Gasteiger partial charge is 0.173 e. The van der Waals surface area contributed by atoms with Gasteiger partial charge in [0.05, 0.1) is 11.7 Å². The van der Waals surface area contributed by atoms with Crippen molar-refractivity contribution in [1.29, 1.82) is 0 Å². The second-order valence-corrected chi connectivity index (χ2v) is 5.26. The lowest BCUT2D eigenvalue weighted by atomic mass is 10.1. The molecule has 0 saturated heterocycles. The molecule has 0 amide bonds. The summed E-state index contributed by atoms with van der Waals surface area (Å²) in [4.78, 5) is 26.8. The van der Waals surface area contributed by atoms with E-state index >= 15 is 0 Å². The van der Waals surface area contributed by atoms with E-state index in [1.54, 1.807) is 24.3 Å². The topological polar surface area (TPSA) is 70.1 Å². The maximum Gasteiger partial charge on any atom is 0.173 e. The Kier molecular flexibility index (Phi) is 4.76. The molecule has 2 rings (SSSR count). The molecular weight excluding hydrogens is 298 g/mol. The van der Waals surface area contributed by atoms with Crippen LogP contribution in [0.2, 0.25) is 5.02 Å². The monoisotopic (exact) mass is 306 g/mol. The average Bonchev–Trinajstić information content (AvgIpc) is 2.45. The molecular formula is C14H9ClNO3S-. The summed E-state index contributed by atoms with van der Waals surface area (Å²) in [6.45, 7) is 0. The minimum atomic E-state index is -1.31. The summed E-state index contributed by atoms with van der Waals surface area (Å²) in [5.74, 6) is -1.33. The van der Waals surface area contributed by atoms with Gasteiger partial charge in [0.15, 0.2) is 5.78 Å². The third-order valence-electron chi connectivity index (χ3n) is 2.50. The Morgan fingerprint density at radius 2 is 1.90 bits per heavy atom. The number of aromatic nitrogens is 1. The molecule has 4 nitrogen and oxygen atoms in total. The van der Waals surface area contributed by atoms with Gasteiger partial charge in [-0.05, 0) is 36.4 Å². The minimum absolute atomic E-state index is 0.0126. The fourth-order valence-electron chi connectivity index (χ4n) is 1.51. The van der Waals surface area contributed by atoms with Gasteiger partial charge in [-0.2, -0.15) is 0 Å². The molecule has 0 atom stereocenters. The molecule has 0 bridgehead atoms. The van der Waals surface area contributed by atoms with Crippen LogP contribution in [-0.2, 0) is 0 Å². The highest BCUT2D eigenvalue weighted by atomic mass is 35.5. The molecule has 0 unspecified atom stereocenters. The van der Waals surface area contributed by atoms with E-state index in [2.05, 4.69) is 4.98 Å². The Morgan fingerprint density at radius 1 is 1.20 bits per heavy atom. The molecule has 0 aliphatic heterocycles. The summed E-state index contributed by atoms with van der Waals surface area (Å²) in [6.07, 6.45) is 1.47. The number of carbonyl (C=O) groups is 2. The van der Waals surface area contributed by atoms with Crippen molar-refractivity contribution in [3.63, 3.8) is 0 Å². The maximum absolute atomic E-state index is 12.0. The second kappa shape index (κ2) is 6.54. The zero-order valence-electron chi connectivity index (χ0n) is 10.2. The number of nitrogens with zero attached hydrogens (tertiary/aromatic N) is 1. The third-order valence-corrected chi connectivity index (χ3v) is 3.75. The number of halogens is 1. The number of carboxylic acids is 1. The lowest BCUT2D eigenvalue weighted by molar-refractivity contribution is -0.255. The highest BCUT2D eigenvalue weighted by Gasteiger charge is 2.10. The predicted octanol–water partition coefficient (Wildman–Crippen LogP) is 2.07. The molecule has 6 heteroatoms. The van der Waals surface area contributed by atoms with Crippen molar-refractivity contribution in [2.75, 3.05) is 5.75 Å². The SMILES string of the molecule is O=C(CSc1ncccc1C(=O)[O-])c1ccc(Cl)cc1. The third kappa shape index (κ3) is 3.59. The highest BCUT2D eigenvalue weighted by Crippen LogP contribution is 2.21. The molecule has 0 aliphatic rings. The summed E-state index contributed by atoms with van der Waals surface area (Å²) < 4.78 is 0. The van der Waals surface area contributed by atoms with Crippen molar-refractivity contribution < 1.29 is 14.7 Å². The summed E-state index contributed by atoms with van der Waals surface area (Å²) in [5.41, 5.74) is 0.509. The zero-order chi connectivity index (χ0) is 14.5. The fraction of sp³-hybridized carbons (Fsp3) is 0.0714. The van der Waals surface area contributed by atoms with Crippen LogP contribution in [0, 0.1) is 0 Å². The van der Waals surface area contributed by atoms with Gasteiger partial charge in [0, 0.05) is 22.3 Å². The molecule has 0 fully saturated rings. The van der Waals surface area contributed by atoms with Gasteiger partial charge in [0.1, 0.15) is 5.03 Å². The quantitative estimate of drug-likeness (QED) is 0.625. The highest BCUT2D eigenvalue weighted by molar-refractivity contribution is 8.00. The van der Waals surface area contributed by atoms with E-state index in [9.17, 15) is 14.7 Å². The average molecular weight is 307 g/mol. The first kappa shape index (κ1) is 14.6. The number of ketones is 1. The Hall–Kier alpha value is -1.85. The normalized spacial score (nSPS) is 10.2. The van der Waals surface area contributed by atoms with Crippen LogP contribution < -0.4 is 5.11 Å². The molecule has 1 heterocycles. The van der Waals surface area contributed by atoms with Gasteiger partial charge in [-0.15, -0.1) is 0 Å². The molecule has 2 aromatic rings. The zero-order valence-corrected chi connectivity index (χ0v) is 11.8. The number of Topliss-reactive ketones (excluding diaryl/α,β-unsaturated/α-hetero) is 1. The van der Waals surface area contributed by atoms with E-state index in [4.69, 9.17) is 11.6 Å². The minimum Gasteiger partial charge on any atom is -0.545 e. The number of hydrogen-bond acceptors (Lipinski definition) is 5. The van der Waals surface area contributed by atoms with Crippen LogP contribution in [0.25, 0.3) is 0 Å². The number of carboxylic acid groups (broad SMARTS) is 1. The van der Waals surface area contributed by atoms with E-state index in [0.717, 1.165) is 11.8 Å². The number of thioether (sulfide) groups is 1. The fourth-order valence-corrected chi connectivity index (χ4v) is 2.52. The molecule has 0 radical (unpaired) electrons. The predicted molar refractivity (Wildman–Crippen MR) is 75.1 cm³/mol. The van der Waals surface area contributed by atoms with E-state index < -0.39 is 5.97 Å². The van der Waals surface area contributed by atoms with E-state index in [1.165, 1.54) is 18.3 Å². The Labute approximate surface area is 124 Å². The van der Waals surface area contributed by atoms with E-state index in [-0.39, 0.29) is 22.1 Å². The van der Waals surface area contributed by atoms with Crippen molar-refractivity contribution in [2.24, 2.45) is 0 Å². The first-order chi connectivity index (χ1) is 9.58. The molecule has 0 aliphatic carbocycles. The van der Waals surface area contributed by atoms with Gasteiger partial charge in [-0.3, -0.25) is 4.79 Å². The van der Waals surface area contributed by atoms with E-state index in [1.807, 2.05) is 0 Å². The number of carbonyl (C=O) groups excluding carboxylic acids is 2. The molecule has 102 valence electrons. The van der Waals surface area contributed by atoms with Gasteiger partial charge >= 0.3 is 0 Å². The molecule has 0 saturated carbocycles. The van der Waals surface area contributed by atoms with Crippen molar-refractivity contribution >= 4 is 35.1 Å². The lowest BCUT2D eigenvalue weighted by Gasteiger charge is -2.08. The molecule has 1 aromatic heterocycles. The standard InChI is InChI=1S/C14H10ClNO3S/c15-10-5-3-9(4-6-10)12(17)8-20-13-11(14(18)19)2-1-7-16-13/h1-7H,8H2,(H,18,19)/p-1. The van der Waals surface area contributed by atoms with Crippen LogP contribution in [0.3, 0.4) is 0 Å². The summed E-state index contributed by atoms with van der Waals surface area (Å²) in [5, 5.41) is 11.7. The Balaban J connectivity index is 2.07. The van der Waals surface area contributed by atoms with Gasteiger partial charge in [-0.1, -0.05) is 23.4 Å². The van der Waals surface area contributed by atoms with Gasteiger partial charge in [-0.25, -0.2) is 4.98 Å². The van der Waals surface area contributed by atoms with Crippen molar-refractivity contribution in [3.8, 4) is 0 Å². The number of benzene rings is 1. The van der Waals surface area contributed by atoms with Crippen molar-refractivity contribution in [2.45, 2.75) is 5.03 Å². The van der Waals surface area contributed by atoms with Crippen LogP contribution in [-0.4, -0.2) is 22.5 Å². The number of pyridine rings is 1. The molecule has 0 spiro atoms. The van der Waals surface area contributed by atoms with Crippen LogP contribution in [0.4, 0.5) is 0 Å². The van der Waals surface area contributed by atoms with E-state index in [0.29, 0.717) is 10.6 Å². The Morgan fingerprint density at radius 3 is 2.55 bits per heavy atom. The van der Waals surface area contributed by atoms with Crippen LogP contribution >= 0.6 is 23.4 Å². The van der Waals surface area contributed by atoms with Crippen LogP contribution in [0.1, 0.15) is 20.7 Å². The first-order valence-corrected chi connectivity index (χ1v) is 7.02. The summed E-state index contributed by atoms with van der Waals surface area (Å²) >= 11 is 6.81. The van der Waals surface area contributed by atoms with Gasteiger partial charge in [0.2, 0.25) is 0 Å². The molecule has 20 heavy (non-hydrogen) atoms. The number of rotatable bonds is 5. The summed E-state index contributed by atoms with van der Waals surface area (Å²) in [6, 6.07) is 9.43. The van der Waals surface area contributed by atoms with Crippen molar-refractivity contribution in [3.05, 3.63) is 58.7 Å². The van der Waals surface area contributed by atoms with Gasteiger partial charge in [0.25, 0.3) is 0 Å². The largest absolute Gasteiger partial charge is 0.545 e.